The van der Waals surface area contributed by atoms with Crippen molar-refractivity contribution in [2.45, 2.75) is 19.8 Å². The summed E-state index contributed by atoms with van der Waals surface area (Å²) in [6, 6.07) is 0. The molecule has 17 heavy (non-hydrogen) atoms. The molecule has 0 aliphatic carbocycles. The summed E-state index contributed by atoms with van der Waals surface area (Å²) in [6.07, 6.45) is 1.40. The summed E-state index contributed by atoms with van der Waals surface area (Å²) in [7, 11) is 1.63. The highest BCUT2D eigenvalue weighted by Gasteiger charge is 2.18. The molecule has 0 bridgehead atoms. The molecule has 3 N–H and O–H groups in total. The van der Waals surface area contributed by atoms with Crippen LogP contribution in [-0.2, 0) is 14.3 Å². The highest BCUT2D eigenvalue weighted by molar-refractivity contribution is 7.80. The third kappa shape index (κ3) is 8.06. The van der Waals surface area contributed by atoms with Gasteiger partial charge in [0.1, 0.15) is 0 Å². The van der Waals surface area contributed by atoms with Crippen LogP contribution in [0.5, 0.6) is 0 Å². The molecule has 0 rings (SSSR count). The largest absolute Gasteiger partial charge is 0.393 e. The molecule has 100 valence electrons. The Balaban J connectivity index is 3.53. The molecule has 0 radical (unpaired) electrons. The molecule has 0 heterocycles. The van der Waals surface area contributed by atoms with Gasteiger partial charge in [-0.1, -0.05) is 19.1 Å². The lowest BCUT2D eigenvalue weighted by molar-refractivity contribution is -0.123. The topological polar surface area (TPSA) is 73.6 Å². The first-order chi connectivity index (χ1) is 8.13. The lowest BCUT2D eigenvalue weighted by Crippen LogP contribution is -2.38. The third-order valence-electron chi connectivity index (χ3n) is 2.26. The number of methoxy groups -OCH3 is 1. The molecular formula is C11H22N2O3S. The van der Waals surface area contributed by atoms with Crippen molar-refractivity contribution >= 4 is 23.1 Å². The Morgan fingerprint density at radius 3 is 2.65 bits per heavy atom. The number of nitrogens with two attached hydrogens (primary N) is 1. The second-order valence-corrected chi connectivity index (χ2v) is 4.08. The van der Waals surface area contributed by atoms with E-state index in [0.29, 0.717) is 32.8 Å². The van der Waals surface area contributed by atoms with Gasteiger partial charge in [0.25, 0.3) is 0 Å². The zero-order valence-corrected chi connectivity index (χ0v) is 11.3. The average Bonchev–Trinajstić information content (AvgIpc) is 2.28. The van der Waals surface area contributed by atoms with E-state index in [-0.39, 0.29) is 16.8 Å². The van der Waals surface area contributed by atoms with Crippen LogP contribution in [0.2, 0.25) is 0 Å². The molecule has 0 fully saturated rings. The number of ether oxygens (including phenoxy) is 2. The van der Waals surface area contributed by atoms with Gasteiger partial charge < -0.3 is 20.5 Å². The standard InChI is InChI=1S/C11H22N2O3S/c1-3-9(10(12)17)11(14)13-5-4-6-16-8-7-15-2/h9H,3-8H2,1-2H3,(H2,12,17)(H,13,14). The fraction of sp³-hybridized carbons (Fsp3) is 0.818. The summed E-state index contributed by atoms with van der Waals surface area (Å²) in [6.45, 7) is 4.23. The van der Waals surface area contributed by atoms with Crippen molar-refractivity contribution in [3.05, 3.63) is 0 Å². The Morgan fingerprint density at radius 1 is 1.41 bits per heavy atom. The second-order valence-electron chi connectivity index (χ2n) is 3.61. The number of carbonyl (C=O) groups excluding carboxylic acids is 1. The van der Waals surface area contributed by atoms with E-state index in [2.05, 4.69) is 5.32 Å². The van der Waals surface area contributed by atoms with E-state index in [1.165, 1.54) is 0 Å². The molecule has 1 unspecified atom stereocenters. The van der Waals surface area contributed by atoms with E-state index in [9.17, 15) is 4.79 Å². The van der Waals surface area contributed by atoms with E-state index in [1.54, 1.807) is 7.11 Å². The molecule has 0 aromatic heterocycles. The van der Waals surface area contributed by atoms with Crippen molar-refractivity contribution in [3.8, 4) is 0 Å². The van der Waals surface area contributed by atoms with Crippen LogP contribution in [0.3, 0.4) is 0 Å². The minimum absolute atomic E-state index is 0.100. The van der Waals surface area contributed by atoms with Crippen LogP contribution in [0, 0.1) is 5.92 Å². The average molecular weight is 262 g/mol. The molecule has 0 aliphatic heterocycles. The first-order valence-electron chi connectivity index (χ1n) is 5.77. The van der Waals surface area contributed by atoms with Crippen LogP contribution >= 0.6 is 12.2 Å². The number of nitrogens with one attached hydrogen (secondary N) is 1. The third-order valence-corrected chi connectivity index (χ3v) is 2.55. The zero-order chi connectivity index (χ0) is 13.1. The lowest BCUT2D eigenvalue weighted by atomic mass is 10.1. The first-order valence-corrected chi connectivity index (χ1v) is 6.18. The Morgan fingerprint density at radius 2 is 2.12 bits per heavy atom. The van der Waals surface area contributed by atoms with Crippen molar-refractivity contribution in [2.24, 2.45) is 11.7 Å². The maximum Gasteiger partial charge on any atom is 0.229 e. The highest BCUT2D eigenvalue weighted by atomic mass is 32.1. The van der Waals surface area contributed by atoms with Gasteiger partial charge in [0.15, 0.2) is 0 Å². The van der Waals surface area contributed by atoms with Crippen LogP contribution in [-0.4, -0.2) is 44.4 Å². The monoisotopic (exact) mass is 262 g/mol. The molecule has 0 aromatic carbocycles. The number of amides is 1. The second kappa shape index (κ2) is 10.4. The molecular weight excluding hydrogens is 240 g/mol. The Bertz CT molecular complexity index is 237. The van der Waals surface area contributed by atoms with Crippen LogP contribution in [0.1, 0.15) is 19.8 Å². The summed E-state index contributed by atoms with van der Waals surface area (Å²) < 4.78 is 10.1. The number of carbonyl (C=O) groups is 1. The van der Waals surface area contributed by atoms with Crippen molar-refractivity contribution in [1.82, 2.24) is 5.32 Å². The number of rotatable bonds is 10. The van der Waals surface area contributed by atoms with Gasteiger partial charge in [-0.3, -0.25) is 4.79 Å². The van der Waals surface area contributed by atoms with E-state index in [4.69, 9.17) is 27.4 Å². The van der Waals surface area contributed by atoms with Crippen LogP contribution in [0.25, 0.3) is 0 Å². The van der Waals surface area contributed by atoms with Gasteiger partial charge in [0, 0.05) is 20.3 Å². The fourth-order valence-electron chi connectivity index (χ4n) is 1.27. The molecule has 6 heteroatoms. The molecule has 0 spiro atoms. The predicted molar refractivity (Wildman–Crippen MR) is 70.9 cm³/mol. The van der Waals surface area contributed by atoms with Gasteiger partial charge in [0.2, 0.25) is 5.91 Å². The maximum absolute atomic E-state index is 11.6. The van der Waals surface area contributed by atoms with E-state index in [0.717, 1.165) is 6.42 Å². The Kier molecular flexibility index (Phi) is 9.99. The molecule has 0 aliphatic rings. The van der Waals surface area contributed by atoms with Gasteiger partial charge in [-0.25, -0.2) is 0 Å². The SMILES string of the molecule is CCC(C(=O)NCCCOCCOC)C(N)=S. The van der Waals surface area contributed by atoms with Crippen molar-refractivity contribution in [1.29, 1.82) is 0 Å². The normalized spacial score (nSPS) is 12.1. The maximum atomic E-state index is 11.6. The van der Waals surface area contributed by atoms with Gasteiger partial charge in [-0.15, -0.1) is 0 Å². The zero-order valence-electron chi connectivity index (χ0n) is 10.5. The minimum atomic E-state index is -0.362. The van der Waals surface area contributed by atoms with Crippen LogP contribution in [0.4, 0.5) is 0 Å². The van der Waals surface area contributed by atoms with Gasteiger partial charge in [-0.05, 0) is 12.8 Å². The summed E-state index contributed by atoms with van der Waals surface area (Å²) in [5.74, 6) is -0.462. The van der Waals surface area contributed by atoms with Gasteiger partial charge in [0.05, 0.1) is 24.1 Å². The molecule has 0 aromatic rings. The van der Waals surface area contributed by atoms with E-state index >= 15 is 0 Å². The Labute approximate surface area is 108 Å². The smallest absolute Gasteiger partial charge is 0.229 e. The lowest BCUT2D eigenvalue weighted by Gasteiger charge is -2.13. The fourth-order valence-corrected chi connectivity index (χ4v) is 1.54. The molecule has 0 saturated carbocycles. The van der Waals surface area contributed by atoms with Crippen molar-refractivity contribution < 1.29 is 14.3 Å². The quantitative estimate of drug-likeness (QED) is 0.442. The molecule has 0 saturated heterocycles. The summed E-state index contributed by atoms with van der Waals surface area (Å²) in [5.41, 5.74) is 5.47. The highest BCUT2D eigenvalue weighted by Crippen LogP contribution is 2.02. The molecule has 1 amide bonds. The summed E-state index contributed by atoms with van der Waals surface area (Å²) in [4.78, 5) is 11.9. The summed E-state index contributed by atoms with van der Waals surface area (Å²) >= 11 is 4.82. The van der Waals surface area contributed by atoms with Gasteiger partial charge >= 0.3 is 0 Å². The van der Waals surface area contributed by atoms with E-state index in [1.807, 2.05) is 6.92 Å². The van der Waals surface area contributed by atoms with Gasteiger partial charge in [-0.2, -0.15) is 0 Å². The summed E-state index contributed by atoms with van der Waals surface area (Å²) in [5, 5.41) is 2.79. The molecule has 5 nitrogen and oxygen atoms in total. The van der Waals surface area contributed by atoms with Crippen molar-refractivity contribution in [2.75, 3.05) is 33.5 Å². The molecule has 1 atom stereocenters. The van der Waals surface area contributed by atoms with Crippen LogP contribution in [0.15, 0.2) is 0 Å². The Hall–Kier alpha value is -0.720. The first kappa shape index (κ1) is 16.3. The predicted octanol–water partition coefficient (Wildman–Crippen LogP) is 0.468. The van der Waals surface area contributed by atoms with Crippen LogP contribution < -0.4 is 11.1 Å². The van der Waals surface area contributed by atoms with E-state index < -0.39 is 0 Å². The minimum Gasteiger partial charge on any atom is -0.393 e. The number of thiocarbonyl (C=S) groups is 1. The number of hydrogen-bond donors (Lipinski definition) is 2. The number of hydrogen-bond acceptors (Lipinski definition) is 4. The van der Waals surface area contributed by atoms with Crippen molar-refractivity contribution in [3.63, 3.8) is 0 Å².